The van der Waals surface area contributed by atoms with E-state index in [4.69, 9.17) is 9.47 Å². The van der Waals surface area contributed by atoms with Gasteiger partial charge in [-0.1, -0.05) is 20.4 Å². The zero-order chi connectivity index (χ0) is 21.1. The molecule has 3 N–H and O–H groups in total. The topological polar surface area (TPSA) is 113 Å². The molecule has 4 saturated carbocycles. The summed E-state index contributed by atoms with van der Waals surface area (Å²) in [6.45, 7) is 9.36. The number of hydrogen-bond donors (Lipinski definition) is 3. The molecule has 4 bridgehead atoms. The van der Waals surface area contributed by atoms with Crippen molar-refractivity contribution >= 4 is 11.8 Å². The minimum atomic E-state index is -2.09. The van der Waals surface area contributed by atoms with Gasteiger partial charge in [0.2, 0.25) is 5.79 Å². The molecule has 1 unspecified atom stereocenters. The molecule has 7 heteroatoms. The maximum absolute atomic E-state index is 13.6. The SMILES string of the molecule is C=C1C(=O)[C@]23C[C@H]1C[C@@H](OC(C)=O)C2[C@@]12CO[C@@]3(O)[C@@H](O)[C@@H]1C(C)(C)CC[C@@H]2O. The third kappa shape index (κ3) is 1.94. The van der Waals surface area contributed by atoms with Crippen LogP contribution in [0.5, 0.6) is 0 Å². The molecule has 6 aliphatic rings. The van der Waals surface area contributed by atoms with E-state index in [1.54, 1.807) is 0 Å². The second-order valence-electron chi connectivity index (χ2n) is 10.7. The second-order valence-corrected chi connectivity index (χ2v) is 10.7. The number of aliphatic hydroxyl groups is 3. The average Bonchev–Trinajstić information content (AvgIpc) is 2.82. The summed E-state index contributed by atoms with van der Waals surface area (Å²) in [6, 6.07) is 0. The molecule has 2 aliphatic heterocycles. The van der Waals surface area contributed by atoms with Gasteiger partial charge in [-0.3, -0.25) is 9.59 Å². The Kier molecular flexibility index (Phi) is 3.73. The Labute approximate surface area is 170 Å². The first kappa shape index (κ1) is 19.7. The van der Waals surface area contributed by atoms with Crippen LogP contribution in [-0.2, 0) is 19.1 Å². The summed E-state index contributed by atoms with van der Waals surface area (Å²) >= 11 is 0. The molecular formula is C22H30O7. The number of allylic oxidation sites excluding steroid dienone is 1. The van der Waals surface area contributed by atoms with Crippen molar-refractivity contribution in [3.63, 3.8) is 0 Å². The number of hydrogen-bond acceptors (Lipinski definition) is 7. The van der Waals surface area contributed by atoms with Gasteiger partial charge < -0.3 is 24.8 Å². The Morgan fingerprint density at radius 3 is 2.62 bits per heavy atom. The van der Waals surface area contributed by atoms with E-state index in [1.807, 2.05) is 13.8 Å². The van der Waals surface area contributed by atoms with Crippen molar-refractivity contribution in [3.8, 4) is 0 Å². The van der Waals surface area contributed by atoms with Gasteiger partial charge in [0.15, 0.2) is 5.78 Å². The highest BCUT2D eigenvalue weighted by Gasteiger charge is 2.86. The van der Waals surface area contributed by atoms with Crippen LogP contribution in [0.3, 0.4) is 0 Å². The summed E-state index contributed by atoms with van der Waals surface area (Å²) < 4.78 is 11.6. The van der Waals surface area contributed by atoms with E-state index in [2.05, 4.69) is 6.58 Å². The van der Waals surface area contributed by atoms with Crippen molar-refractivity contribution in [3.05, 3.63) is 12.2 Å². The van der Waals surface area contributed by atoms with Gasteiger partial charge in [0.1, 0.15) is 12.2 Å². The van der Waals surface area contributed by atoms with Crippen LogP contribution in [-0.4, -0.2) is 57.8 Å². The molecule has 2 spiro atoms. The lowest BCUT2D eigenvalue weighted by Crippen LogP contribution is -2.85. The van der Waals surface area contributed by atoms with Crippen LogP contribution in [0.15, 0.2) is 12.2 Å². The van der Waals surface area contributed by atoms with Gasteiger partial charge in [-0.2, -0.15) is 0 Å². The molecule has 29 heavy (non-hydrogen) atoms. The highest BCUT2D eigenvalue weighted by atomic mass is 16.6. The molecule has 160 valence electrons. The maximum Gasteiger partial charge on any atom is 0.302 e. The molecule has 6 rings (SSSR count). The third-order valence-corrected chi connectivity index (χ3v) is 9.08. The van der Waals surface area contributed by atoms with Crippen LogP contribution in [0, 0.1) is 34.0 Å². The largest absolute Gasteiger partial charge is 0.462 e. The van der Waals surface area contributed by atoms with E-state index < -0.39 is 58.1 Å². The van der Waals surface area contributed by atoms with Gasteiger partial charge in [-0.05, 0) is 42.6 Å². The van der Waals surface area contributed by atoms with E-state index in [0.717, 1.165) is 0 Å². The minimum Gasteiger partial charge on any atom is -0.462 e. The number of carbonyl (C=O) groups is 2. The lowest BCUT2D eigenvalue weighted by molar-refractivity contribution is -0.455. The summed E-state index contributed by atoms with van der Waals surface area (Å²) in [5.41, 5.74) is -2.46. The fourth-order valence-electron chi connectivity index (χ4n) is 8.17. The molecule has 9 atom stereocenters. The number of ketones is 1. The molecule has 0 aromatic rings. The van der Waals surface area contributed by atoms with Crippen LogP contribution in [0.25, 0.3) is 0 Å². The summed E-state index contributed by atoms with van der Waals surface area (Å²) in [5.74, 6) is -4.25. The van der Waals surface area contributed by atoms with Crippen LogP contribution >= 0.6 is 0 Å². The van der Waals surface area contributed by atoms with E-state index in [1.165, 1.54) is 6.92 Å². The van der Waals surface area contributed by atoms with Crippen LogP contribution in [0.1, 0.15) is 46.5 Å². The Morgan fingerprint density at radius 1 is 1.28 bits per heavy atom. The number of rotatable bonds is 1. The number of esters is 1. The number of aliphatic hydroxyl groups excluding tert-OH is 2. The van der Waals surface area contributed by atoms with Gasteiger partial charge >= 0.3 is 5.97 Å². The summed E-state index contributed by atoms with van der Waals surface area (Å²) in [5, 5.41) is 34.6. The van der Waals surface area contributed by atoms with Gasteiger partial charge in [0, 0.05) is 24.2 Å². The molecule has 0 aromatic heterocycles. The minimum absolute atomic E-state index is 0.0183. The second kappa shape index (κ2) is 5.49. The van der Waals surface area contributed by atoms with Crippen molar-refractivity contribution in [2.24, 2.45) is 34.0 Å². The summed E-state index contributed by atoms with van der Waals surface area (Å²) in [6.07, 6.45) is -0.914. The van der Waals surface area contributed by atoms with Crippen LogP contribution < -0.4 is 0 Å². The summed E-state index contributed by atoms with van der Waals surface area (Å²) in [7, 11) is 0. The normalized spacial score (nSPS) is 54.7. The first-order valence-corrected chi connectivity index (χ1v) is 10.6. The lowest BCUT2D eigenvalue weighted by Gasteiger charge is -2.74. The Hall–Kier alpha value is -1.28. The third-order valence-electron chi connectivity index (χ3n) is 9.08. The van der Waals surface area contributed by atoms with Crippen molar-refractivity contribution in [1.82, 2.24) is 0 Å². The van der Waals surface area contributed by atoms with Gasteiger partial charge in [-0.25, -0.2) is 0 Å². The number of fused-ring (bicyclic) bond motifs is 2. The monoisotopic (exact) mass is 406 g/mol. The molecule has 6 fully saturated rings. The molecular weight excluding hydrogens is 376 g/mol. The molecule has 0 amide bonds. The average molecular weight is 406 g/mol. The highest BCUT2D eigenvalue weighted by molar-refractivity contribution is 6.04. The van der Waals surface area contributed by atoms with Gasteiger partial charge in [-0.15, -0.1) is 0 Å². The van der Waals surface area contributed by atoms with Gasteiger partial charge in [0.05, 0.1) is 18.1 Å². The lowest BCUT2D eigenvalue weighted by atomic mass is 9.35. The number of Topliss-reactive ketones (excluding diaryl/α,β-unsaturated/α-hetero) is 1. The van der Waals surface area contributed by atoms with Crippen molar-refractivity contribution in [2.45, 2.75) is 70.6 Å². The zero-order valence-corrected chi connectivity index (χ0v) is 17.2. The van der Waals surface area contributed by atoms with Gasteiger partial charge in [0.25, 0.3) is 0 Å². The van der Waals surface area contributed by atoms with E-state index in [-0.39, 0.29) is 18.3 Å². The summed E-state index contributed by atoms with van der Waals surface area (Å²) in [4.78, 5) is 25.5. The Morgan fingerprint density at radius 2 is 1.97 bits per heavy atom. The standard InChI is InChI=1S/C22H30O7/c1-10-12-7-13(29-11(2)23)15-20-9-28-22(27,21(15,8-12)17(10)25)18(26)16(20)19(3,4)6-5-14(20)24/h12-16,18,24,26-27H,1,5-9H2,2-4H3/t12-,13-,14+,15?,16-,18+,20+,21+,22+/m1/s1. The predicted octanol–water partition coefficient (Wildman–Crippen LogP) is 0.946. The van der Waals surface area contributed by atoms with Crippen molar-refractivity contribution < 1.29 is 34.4 Å². The first-order chi connectivity index (χ1) is 13.4. The van der Waals surface area contributed by atoms with E-state index >= 15 is 0 Å². The quantitative estimate of drug-likeness (QED) is 0.439. The molecule has 2 heterocycles. The fourth-order valence-corrected chi connectivity index (χ4v) is 8.17. The van der Waals surface area contributed by atoms with E-state index in [0.29, 0.717) is 31.3 Å². The Bertz CT molecular complexity index is 820. The first-order valence-electron chi connectivity index (χ1n) is 10.6. The molecule has 2 saturated heterocycles. The molecule has 0 aromatic carbocycles. The predicted molar refractivity (Wildman–Crippen MR) is 100 cm³/mol. The highest BCUT2D eigenvalue weighted by Crippen LogP contribution is 2.76. The molecule has 0 radical (unpaired) electrons. The van der Waals surface area contributed by atoms with Crippen molar-refractivity contribution in [1.29, 1.82) is 0 Å². The van der Waals surface area contributed by atoms with Crippen molar-refractivity contribution in [2.75, 3.05) is 6.61 Å². The number of ether oxygens (including phenoxy) is 2. The van der Waals surface area contributed by atoms with Crippen LogP contribution in [0.2, 0.25) is 0 Å². The maximum atomic E-state index is 13.6. The molecule has 4 aliphatic carbocycles. The molecule has 7 nitrogen and oxygen atoms in total. The smallest absolute Gasteiger partial charge is 0.302 e. The van der Waals surface area contributed by atoms with Crippen LogP contribution in [0.4, 0.5) is 0 Å². The Balaban J connectivity index is 1.80. The number of carbonyl (C=O) groups excluding carboxylic acids is 2. The van der Waals surface area contributed by atoms with E-state index in [9.17, 15) is 24.9 Å². The zero-order valence-electron chi connectivity index (χ0n) is 17.2. The fraction of sp³-hybridized carbons (Fsp3) is 0.818.